The standard InChI is InChI=1S/C28H37N7/c29-25-27(30-14-17-33-15-8-3-9-16-33)31-22-32-28(25)35-20-18-34(19-21-35)26(23-10-4-1-5-11-23)24-12-6-2-7-13-24/h1-2,4-7,10-13,22,26H,3,8-9,14-21,29H2,(H,30,31,32). The van der Waals surface area contributed by atoms with Crippen molar-refractivity contribution in [2.45, 2.75) is 25.3 Å². The quantitative estimate of drug-likeness (QED) is 0.517. The molecule has 0 saturated carbocycles. The predicted octanol–water partition coefficient (Wildman–Crippen LogP) is 3.87. The van der Waals surface area contributed by atoms with Crippen LogP contribution in [0.4, 0.5) is 17.3 Å². The molecule has 3 N–H and O–H groups in total. The molecular weight excluding hydrogens is 434 g/mol. The van der Waals surface area contributed by atoms with E-state index in [1.54, 1.807) is 6.33 Å². The van der Waals surface area contributed by atoms with Gasteiger partial charge in [0.25, 0.3) is 0 Å². The number of likely N-dealkylation sites (tertiary alicyclic amines) is 1. The van der Waals surface area contributed by atoms with Crippen LogP contribution in [-0.4, -0.2) is 72.1 Å². The fourth-order valence-electron chi connectivity index (χ4n) is 5.37. The lowest BCUT2D eigenvalue weighted by Gasteiger charge is -2.40. The molecule has 7 nitrogen and oxygen atoms in total. The number of aromatic nitrogens is 2. The maximum atomic E-state index is 6.55. The van der Waals surface area contributed by atoms with Crippen molar-refractivity contribution in [2.24, 2.45) is 0 Å². The second-order valence-corrected chi connectivity index (χ2v) is 9.54. The third kappa shape index (κ3) is 5.74. The molecule has 1 aromatic heterocycles. The van der Waals surface area contributed by atoms with Crippen LogP contribution in [0, 0.1) is 0 Å². The summed E-state index contributed by atoms with van der Waals surface area (Å²) in [6, 6.07) is 21.8. The van der Waals surface area contributed by atoms with E-state index in [9.17, 15) is 0 Å². The number of nitrogens with two attached hydrogens (primary N) is 1. The predicted molar refractivity (Wildman–Crippen MR) is 144 cm³/mol. The highest BCUT2D eigenvalue weighted by atomic mass is 15.3. The zero-order valence-electron chi connectivity index (χ0n) is 20.5. The molecule has 0 aliphatic carbocycles. The van der Waals surface area contributed by atoms with Gasteiger partial charge in [-0.25, -0.2) is 9.97 Å². The molecule has 0 unspecified atom stereocenters. The van der Waals surface area contributed by atoms with Gasteiger partial charge in [-0.2, -0.15) is 0 Å². The van der Waals surface area contributed by atoms with Crippen LogP contribution in [0.1, 0.15) is 36.4 Å². The molecule has 2 aliphatic heterocycles. The van der Waals surface area contributed by atoms with Crippen LogP contribution in [0.2, 0.25) is 0 Å². The minimum absolute atomic E-state index is 0.245. The molecule has 2 saturated heterocycles. The van der Waals surface area contributed by atoms with Gasteiger partial charge in [-0.05, 0) is 37.1 Å². The van der Waals surface area contributed by atoms with Crippen molar-refractivity contribution >= 4 is 17.3 Å². The van der Waals surface area contributed by atoms with Crippen molar-refractivity contribution in [3.8, 4) is 0 Å². The van der Waals surface area contributed by atoms with Gasteiger partial charge in [0.1, 0.15) is 12.0 Å². The summed E-state index contributed by atoms with van der Waals surface area (Å²) in [5.41, 5.74) is 9.86. The van der Waals surface area contributed by atoms with Crippen molar-refractivity contribution in [2.75, 3.05) is 68.3 Å². The number of piperidine rings is 1. The van der Waals surface area contributed by atoms with E-state index >= 15 is 0 Å². The van der Waals surface area contributed by atoms with E-state index in [1.807, 2.05) is 0 Å². The Kier molecular flexibility index (Phi) is 7.75. The highest BCUT2D eigenvalue weighted by Crippen LogP contribution is 2.32. The van der Waals surface area contributed by atoms with Crippen LogP contribution >= 0.6 is 0 Å². The highest BCUT2D eigenvalue weighted by molar-refractivity contribution is 5.75. The summed E-state index contributed by atoms with van der Waals surface area (Å²) in [6.07, 6.45) is 5.61. The average molecular weight is 472 g/mol. The van der Waals surface area contributed by atoms with Gasteiger partial charge >= 0.3 is 0 Å². The number of rotatable bonds is 8. The Morgan fingerprint density at radius 3 is 2.03 bits per heavy atom. The molecule has 3 aromatic rings. The lowest BCUT2D eigenvalue weighted by atomic mass is 9.96. The minimum atomic E-state index is 0.245. The molecule has 0 amide bonds. The molecule has 7 heteroatoms. The molecule has 0 radical (unpaired) electrons. The van der Waals surface area contributed by atoms with Gasteiger partial charge in [0.15, 0.2) is 11.6 Å². The van der Waals surface area contributed by atoms with Gasteiger partial charge < -0.3 is 20.9 Å². The molecular formula is C28H37N7. The Balaban J connectivity index is 1.23. The molecule has 5 rings (SSSR count). The van der Waals surface area contributed by atoms with E-state index in [-0.39, 0.29) is 6.04 Å². The molecule has 3 heterocycles. The van der Waals surface area contributed by atoms with Crippen molar-refractivity contribution < 1.29 is 0 Å². The summed E-state index contributed by atoms with van der Waals surface area (Å²) >= 11 is 0. The first-order valence-electron chi connectivity index (χ1n) is 12.9. The topological polar surface area (TPSA) is 73.5 Å². The van der Waals surface area contributed by atoms with Crippen molar-refractivity contribution in [3.63, 3.8) is 0 Å². The fourth-order valence-corrected chi connectivity index (χ4v) is 5.37. The number of piperazine rings is 1. The van der Waals surface area contributed by atoms with E-state index in [2.05, 4.69) is 90.6 Å². The van der Waals surface area contributed by atoms with Gasteiger partial charge in [0.2, 0.25) is 0 Å². The van der Waals surface area contributed by atoms with Crippen LogP contribution in [0.15, 0.2) is 67.0 Å². The zero-order valence-corrected chi connectivity index (χ0v) is 20.5. The van der Waals surface area contributed by atoms with Crippen LogP contribution in [-0.2, 0) is 0 Å². The van der Waals surface area contributed by atoms with E-state index in [0.29, 0.717) is 5.69 Å². The molecule has 184 valence electrons. The normalized spacial score (nSPS) is 17.6. The average Bonchev–Trinajstić information content (AvgIpc) is 2.92. The van der Waals surface area contributed by atoms with Crippen LogP contribution in [0.5, 0.6) is 0 Å². The van der Waals surface area contributed by atoms with E-state index in [1.165, 1.54) is 43.5 Å². The minimum Gasteiger partial charge on any atom is -0.393 e. The van der Waals surface area contributed by atoms with Gasteiger partial charge in [-0.3, -0.25) is 4.90 Å². The van der Waals surface area contributed by atoms with E-state index < -0.39 is 0 Å². The molecule has 0 bridgehead atoms. The van der Waals surface area contributed by atoms with Crippen LogP contribution in [0.25, 0.3) is 0 Å². The monoisotopic (exact) mass is 471 g/mol. The summed E-state index contributed by atoms with van der Waals surface area (Å²) in [6.45, 7) is 7.91. The number of anilines is 3. The molecule has 2 aliphatic rings. The fraction of sp³-hybridized carbons (Fsp3) is 0.429. The molecule has 2 aromatic carbocycles. The second-order valence-electron chi connectivity index (χ2n) is 9.54. The maximum absolute atomic E-state index is 6.55. The Hall–Kier alpha value is -3.16. The number of nitrogen functional groups attached to an aromatic ring is 1. The second kappa shape index (κ2) is 11.5. The van der Waals surface area contributed by atoms with Crippen LogP contribution in [0.3, 0.4) is 0 Å². The van der Waals surface area contributed by atoms with Gasteiger partial charge in [0.05, 0.1) is 6.04 Å². The highest BCUT2D eigenvalue weighted by Gasteiger charge is 2.28. The summed E-state index contributed by atoms with van der Waals surface area (Å²) in [7, 11) is 0. The Morgan fingerprint density at radius 1 is 0.771 bits per heavy atom. The van der Waals surface area contributed by atoms with Gasteiger partial charge in [-0.1, -0.05) is 67.1 Å². The Morgan fingerprint density at radius 2 is 1.40 bits per heavy atom. The maximum Gasteiger partial charge on any atom is 0.157 e. The largest absolute Gasteiger partial charge is 0.393 e. The van der Waals surface area contributed by atoms with Crippen molar-refractivity contribution in [3.05, 3.63) is 78.1 Å². The Labute approximate surface area is 209 Å². The first kappa shape index (κ1) is 23.6. The van der Waals surface area contributed by atoms with Crippen molar-refractivity contribution in [1.82, 2.24) is 19.8 Å². The molecule has 0 spiro atoms. The number of nitrogens with one attached hydrogen (secondary N) is 1. The number of nitrogens with zero attached hydrogens (tertiary/aromatic N) is 5. The molecule has 35 heavy (non-hydrogen) atoms. The first-order valence-corrected chi connectivity index (χ1v) is 12.9. The lowest BCUT2D eigenvalue weighted by Crippen LogP contribution is -2.48. The third-order valence-corrected chi connectivity index (χ3v) is 7.24. The lowest BCUT2D eigenvalue weighted by molar-refractivity contribution is 0.212. The van der Waals surface area contributed by atoms with E-state index in [4.69, 9.17) is 5.73 Å². The number of hydrogen-bond acceptors (Lipinski definition) is 7. The summed E-state index contributed by atoms with van der Waals surface area (Å²) in [5.74, 6) is 1.59. The number of benzene rings is 2. The van der Waals surface area contributed by atoms with E-state index in [0.717, 1.165) is 50.9 Å². The SMILES string of the molecule is Nc1c(NCCN2CCCCC2)ncnc1N1CCN(C(c2ccccc2)c2ccccc2)CC1. The third-order valence-electron chi connectivity index (χ3n) is 7.24. The first-order chi connectivity index (χ1) is 17.3. The Bertz CT molecular complexity index is 1010. The van der Waals surface area contributed by atoms with Gasteiger partial charge in [0, 0.05) is 39.3 Å². The number of hydrogen-bond donors (Lipinski definition) is 2. The van der Waals surface area contributed by atoms with Crippen molar-refractivity contribution in [1.29, 1.82) is 0 Å². The molecule has 2 fully saturated rings. The zero-order chi connectivity index (χ0) is 23.9. The van der Waals surface area contributed by atoms with Crippen LogP contribution < -0.4 is 16.0 Å². The smallest absolute Gasteiger partial charge is 0.157 e. The van der Waals surface area contributed by atoms with Gasteiger partial charge in [-0.15, -0.1) is 0 Å². The summed E-state index contributed by atoms with van der Waals surface area (Å²) < 4.78 is 0. The summed E-state index contributed by atoms with van der Waals surface area (Å²) in [4.78, 5) is 16.4. The molecule has 0 atom stereocenters. The summed E-state index contributed by atoms with van der Waals surface area (Å²) in [5, 5.41) is 3.45.